The second-order valence-electron chi connectivity index (χ2n) is 4.19. The first-order valence-corrected chi connectivity index (χ1v) is 8.37. The van der Waals surface area contributed by atoms with E-state index in [1.54, 1.807) is 19.0 Å². The molecule has 128 valence electrons. The quantitative estimate of drug-likeness (QED) is 0.299. The van der Waals surface area contributed by atoms with Crippen LogP contribution >= 0.6 is 20.0 Å². The number of nitrogens with two attached hydrogens (primary N) is 2. The molecular weight excluding hydrogens is 331 g/mol. The molecule has 0 aromatic heterocycles. The van der Waals surface area contributed by atoms with Gasteiger partial charge in [0.05, 0.1) is 0 Å². The van der Waals surface area contributed by atoms with Crippen molar-refractivity contribution in [1.82, 2.24) is 9.80 Å². The van der Waals surface area contributed by atoms with Crippen LogP contribution in [0.15, 0.2) is 0 Å². The lowest BCUT2D eigenvalue weighted by Gasteiger charge is -2.12. The summed E-state index contributed by atoms with van der Waals surface area (Å²) >= 11 is 1.36. The SMILES string of the molecule is CC(=O)N(C)CCO[P+](=O)[O-].CC(=O)N(C)CCSC(N)=[NH2+]. The van der Waals surface area contributed by atoms with Crippen molar-refractivity contribution in [3.05, 3.63) is 0 Å². The first-order valence-electron chi connectivity index (χ1n) is 6.29. The summed E-state index contributed by atoms with van der Waals surface area (Å²) in [5, 5.41) is 5.56. The monoisotopic (exact) mass is 355 g/mol. The fraction of sp³-hybridized carbons (Fsp3) is 0.727. The van der Waals surface area contributed by atoms with Gasteiger partial charge in [0, 0.05) is 46.8 Å². The second kappa shape index (κ2) is 13.4. The Balaban J connectivity index is 0. The number of likely N-dealkylation sites (N-methyl/N-ethyl adjacent to an activating group) is 1. The van der Waals surface area contributed by atoms with E-state index in [0.717, 1.165) is 5.75 Å². The van der Waals surface area contributed by atoms with Crippen LogP contribution in [-0.2, 0) is 18.7 Å². The van der Waals surface area contributed by atoms with Crippen molar-refractivity contribution in [1.29, 1.82) is 0 Å². The van der Waals surface area contributed by atoms with Crippen molar-refractivity contribution >= 4 is 37.0 Å². The van der Waals surface area contributed by atoms with Gasteiger partial charge in [0.2, 0.25) is 11.8 Å². The van der Waals surface area contributed by atoms with Crippen LogP contribution in [0, 0.1) is 0 Å². The van der Waals surface area contributed by atoms with E-state index in [-0.39, 0.29) is 18.4 Å². The average molecular weight is 355 g/mol. The summed E-state index contributed by atoms with van der Waals surface area (Å²) in [7, 11) is 0.530. The maximum atomic E-state index is 10.7. The van der Waals surface area contributed by atoms with E-state index in [9.17, 15) is 19.0 Å². The summed E-state index contributed by atoms with van der Waals surface area (Å²) in [6.45, 7) is 3.92. The summed E-state index contributed by atoms with van der Waals surface area (Å²) in [6, 6.07) is 0. The molecule has 0 aliphatic rings. The van der Waals surface area contributed by atoms with E-state index in [2.05, 4.69) is 4.52 Å². The first-order chi connectivity index (χ1) is 10.1. The van der Waals surface area contributed by atoms with Gasteiger partial charge in [0.15, 0.2) is 0 Å². The molecule has 0 aromatic carbocycles. The molecule has 0 heterocycles. The zero-order valence-corrected chi connectivity index (χ0v) is 15.0. The minimum Gasteiger partial charge on any atom is -0.566 e. The highest BCUT2D eigenvalue weighted by Crippen LogP contribution is 2.07. The van der Waals surface area contributed by atoms with Crippen LogP contribution in [0.3, 0.4) is 0 Å². The number of carbonyl (C=O) groups is 2. The van der Waals surface area contributed by atoms with Gasteiger partial charge in [-0.1, -0.05) is 0 Å². The molecule has 0 spiro atoms. The largest absolute Gasteiger partial charge is 0.566 e. The Hall–Kier alpha value is -1.22. The highest BCUT2D eigenvalue weighted by atomic mass is 32.2. The van der Waals surface area contributed by atoms with Crippen molar-refractivity contribution in [2.45, 2.75) is 13.8 Å². The molecular formula is C11H24N4O5PS+. The summed E-state index contributed by atoms with van der Waals surface area (Å²) in [5.74, 6) is 0.689. The van der Waals surface area contributed by atoms with Crippen LogP contribution in [0.1, 0.15) is 13.8 Å². The van der Waals surface area contributed by atoms with Crippen molar-refractivity contribution in [2.24, 2.45) is 5.73 Å². The predicted octanol–water partition coefficient (Wildman–Crippen LogP) is -2.23. The van der Waals surface area contributed by atoms with E-state index in [1.165, 1.54) is 30.5 Å². The lowest BCUT2D eigenvalue weighted by molar-refractivity contribution is -0.185. The van der Waals surface area contributed by atoms with E-state index < -0.39 is 8.25 Å². The molecule has 0 radical (unpaired) electrons. The Bertz CT molecular complexity index is 361. The number of amidine groups is 1. The van der Waals surface area contributed by atoms with Crippen molar-refractivity contribution in [3.8, 4) is 0 Å². The average Bonchev–Trinajstić information content (AvgIpc) is 2.38. The second-order valence-corrected chi connectivity index (χ2v) is 6.06. The standard InChI is InChI=1S/C6H13N3OS.C5H10NO4P/c1-5(10)9(2)3-4-11-6(7)8;1-5(7)6(2)3-4-10-11(8)9/h3-4H2,1-2H3,(H3,7,8);3-4H2,1-2H3/p+1. The zero-order chi connectivity index (χ0) is 17.7. The third-order valence-corrected chi connectivity index (χ3v) is 3.51. The number of hydrogen-bond donors (Lipinski definition) is 2. The smallest absolute Gasteiger partial charge is 0.488 e. The van der Waals surface area contributed by atoms with Crippen molar-refractivity contribution in [3.63, 3.8) is 0 Å². The number of amides is 2. The van der Waals surface area contributed by atoms with Crippen LogP contribution in [-0.4, -0.2) is 66.3 Å². The molecule has 0 bridgehead atoms. The molecule has 0 saturated carbocycles. The topological polar surface area (TPSA) is 142 Å². The minimum atomic E-state index is -2.79. The highest BCUT2D eigenvalue weighted by molar-refractivity contribution is 8.13. The van der Waals surface area contributed by atoms with Gasteiger partial charge in [-0.25, -0.2) is 0 Å². The van der Waals surface area contributed by atoms with Crippen LogP contribution < -0.4 is 16.0 Å². The van der Waals surface area contributed by atoms with E-state index in [4.69, 9.17) is 11.1 Å². The third kappa shape index (κ3) is 16.8. The number of rotatable bonds is 7. The molecule has 0 saturated heterocycles. The molecule has 9 nitrogen and oxygen atoms in total. The van der Waals surface area contributed by atoms with Gasteiger partial charge in [0.25, 0.3) is 5.17 Å². The lowest BCUT2D eigenvalue weighted by atomic mass is 10.5. The molecule has 1 unspecified atom stereocenters. The van der Waals surface area contributed by atoms with Gasteiger partial charge in [-0.15, -0.1) is 4.52 Å². The summed E-state index contributed by atoms with van der Waals surface area (Å²) < 4.78 is 14.1. The van der Waals surface area contributed by atoms with Crippen molar-refractivity contribution < 1.29 is 29.0 Å². The number of hydrogen-bond acceptors (Lipinski definition) is 6. The Morgan fingerprint density at radius 1 is 1.23 bits per heavy atom. The third-order valence-electron chi connectivity index (χ3n) is 2.39. The summed E-state index contributed by atoms with van der Waals surface area (Å²) in [5.41, 5.74) is 5.21. The Labute approximate surface area is 135 Å². The van der Waals surface area contributed by atoms with Crippen LogP contribution in [0.25, 0.3) is 0 Å². The van der Waals surface area contributed by atoms with Gasteiger partial charge in [-0.2, -0.15) is 0 Å². The van der Waals surface area contributed by atoms with E-state index >= 15 is 0 Å². The van der Waals surface area contributed by atoms with Crippen molar-refractivity contribution in [2.75, 3.05) is 39.5 Å². The Kier molecular flexibility index (Phi) is 14.1. The molecule has 11 heteroatoms. The Morgan fingerprint density at radius 2 is 1.68 bits per heavy atom. The molecule has 2 amide bonds. The summed E-state index contributed by atoms with van der Waals surface area (Å²) in [6.07, 6.45) is 0. The summed E-state index contributed by atoms with van der Waals surface area (Å²) in [4.78, 5) is 34.1. The molecule has 0 aliphatic carbocycles. The molecule has 22 heavy (non-hydrogen) atoms. The van der Waals surface area contributed by atoms with Gasteiger partial charge >= 0.3 is 8.25 Å². The molecule has 0 aliphatic heterocycles. The predicted molar refractivity (Wildman–Crippen MR) is 83.8 cm³/mol. The number of carbonyl (C=O) groups excluding carboxylic acids is 2. The first kappa shape index (κ1) is 23.1. The maximum absolute atomic E-state index is 10.7. The van der Waals surface area contributed by atoms with Crippen LogP contribution in [0.4, 0.5) is 0 Å². The van der Waals surface area contributed by atoms with Gasteiger partial charge in [-0.05, 0) is 16.3 Å². The van der Waals surface area contributed by atoms with Crippen LogP contribution in [0.2, 0.25) is 0 Å². The Morgan fingerprint density at radius 3 is 2.05 bits per heavy atom. The number of thioether (sulfide) groups is 1. The zero-order valence-electron chi connectivity index (χ0n) is 13.3. The highest BCUT2D eigenvalue weighted by Gasteiger charge is 2.05. The molecule has 4 N–H and O–H groups in total. The molecule has 0 rings (SSSR count). The molecule has 1 atom stereocenters. The minimum absolute atomic E-state index is 0.0226. The normalized spacial score (nSPS) is 10.1. The maximum Gasteiger partial charge on any atom is 0.488 e. The van der Waals surface area contributed by atoms with E-state index in [1.807, 2.05) is 0 Å². The van der Waals surface area contributed by atoms with Gasteiger partial charge in [0.1, 0.15) is 6.61 Å². The molecule has 0 aromatic rings. The fourth-order valence-electron chi connectivity index (χ4n) is 0.868. The van der Waals surface area contributed by atoms with E-state index in [0.29, 0.717) is 18.3 Å². The molecule has 0 fully saturated rings. The van der Waals surface area contributed by atoms with Gasteiger partial charge in [-0.3, -0.25) is 20.7 Å². The lowest BCUT2D eigenvalue weighted by Crippen LogP contribution is -2.43. The fourth-order valence-corrected chi connectivity index (χ4v) is 1.70. The van der Waals surface area contributed by atoms with Crippen LogP contribution in [0.5, 0.6) is 0 Å². The van der Waals surface area contributed by atoms with Gasteiger partial charge < -0.3 is 14.7 Å². The number of nitrogens with zero attached hydrogens (tertiary/aromatic N) is 2.